The van der Waals surface area contributed by atoms with Crippen molar-refractivity contribution < 1.29 is 4.74 Å². The quantitative estimate of drug-likeness (QED) is 0.929. The summed E-state index contributed by atoms with van der Waals surface area (Å²) in [5.74, 6) is 2.67. The van der Waals surface area contributed by atoms with Crippen LogP contribution in [0.25, 0.3) is 0 Å². The summed E-state index contributed by atoms with van der Waals surface area (Å²) in [7, 11) is 1.83. The standard InChI is InChI=1S/C14H21N5O/c1-6-19-9-10(8-16-19)20-12-7-11(15-5)17-13(18-12)14(2,3)4/h7-9H,6H2,1-5H3,(H,15,17,18). The molecule has 2 rings (SSSR count). The molecule has 0 saturated heterocycles. The second kappa shape index (κ2) is 5.48. The van der Waals surface area contributed by atoms with Gasteiger partial charge in [0.1, 0.15) is 11.6 Å². The predicted octanol–water partition coefficient (Wildman–Crippen LogP) is 2.82. The van der Waals surface area contributed by atoms with Gasteiger partial charge in [-0.1, -0.05) is 20.8 Å². The third-order valence-corrected chi connectivity index (χ3v) is 2.79. The highest BCUT2D eigenvalue weighted by atomic mass is 16.5. The third-order valence-electron chi connectivity index (χ3n) is 2.79. The zero-order valence-corrected chi connectivity index (χ0v) is 12.6. The van der Waals surface area contributed by atoms with Crippen LogP contribution in [0.2, 0.25) is 0 Å². The lowest BCUT2D eigenvalue weighted by Gasteiger charge is -2.18. The van der Waals surface area contributed by atoms with Crippen LogP contribution in [0.15, 0.2) is 18.5 Å². The average Bonchev–Trinajstić information content (AvgIpc) is 2.85. The molecule has 2 aromatic heterocycles. The number of aryl methyl sites for hydroxylation is 1. The topological polar surface area (TPSA) is 64.9 Å². The lowest BCUT2D eigenvalue weighted by Crippen LogP contribution is -2.17. The van der Waals surface area contributed by atoms with Gasteiger partial charge in [0, 0.05) is 25.1 Å². The first-order valence-corrected chi connectivity index (χ1v) is 6.70. The van der Waals surface area contributed by atoms with E-state index in [-0.39, 0.29) is 5.41 Å². The maximum absolute atomic E-state index is 5.76. The van der Waals surface area contributed by atoms with E-state index < -0.39 is 0 Å². The number of anilines is 1. The van der Waals surface area contributed by atoms with Crippen molar-refractivity contribution in [1.82, 2.24) is 19.7 Å². The first-order chi connectivity index (χ1) is 9.42. The van der Waals surface area contributed by atoms with Crippen molar-refractivity contribution in [1.29, 1.82) is 0 Å². The van der Waals surface area contributed by atoms with Crippen LogP contribution in [0, 0.1) is 0 Å². The van der Waals surface area contributed by atoms with Crippen LogP contribution in [-0.4, -0.2) is 26.8 Å². The van der Waals surface area contributed by atoms with E-state index in [1.54, 1.807) is 16.9 Å². The Morgan fingerprint density at radius 3 is 2.60 bits per heavy atom. The van der Waals surface area contributed by atoms with Gasteiger partial charge in [0.25, 0.3) is 0 Å². The zero-order chi connectivity index (χ0) is 14.8. The molecule has 0 aliphatic heterocycles. The molecule has 0 unspecified atom stereocenters. The highest BCUT2D eigenvalue weighted by molar-refractivity contribution is 5.39. The van der Waals surface area contributed by atoms with Crippen molar-refractivity contribution in [2.45, 2.75) is 39.7 Å². The van der Waals surface area contributed by atoms with Gasteiger partial charge in [-0.15, -0.1) is 0 Å². The summed E-state index contributed by atoms with van der Waals surface area (Å²) in [6.07, 6.45) is 3.53. The summed E-state index contributed by atoms with van der Waals surface area (Å²) in [5, 5.41) is 7.21. The minimum atomic E-state index is -0.140. The van der Waals surface area contributed by atoms with Crippen LogP contribution in [-0.2, 0) is 12.0 Å². The maximum Gasteiger partial charge on any atom is 0.224 e. The maximum atomic E-state index is 5.76. The monoisotopic (exact) mass is 275 g/mol. The fraction of sp³-hybridized carbons (Fsp3) is 0.500. The smallest absolute Gasteiger partial charge is 0.224 e. The lowest BCUT2D eigenvalue weighted by molar-refractivity contribution is 0.445. The fourth-order valence-corrected chi connectivity index (χ4v) is 1.63. The van der Waals surface area contributed by atoms with Crippen molar-refractivity contribution >= 4 is 5.82 Å². The molecule has 0 fully saturated rings. The molecule has 0 aromatic carbocycles. The van der Waals surface area contributed by atoms with Crippen LogP contribution in [0.4, 0.5) is 5.82 Å². The van der Waals surface area contributed by atoms with Gasteiger partial charge in [-0.2, -0.15) is 10.1 Å². The molecule has 0 aliphatic carbocycles. The second-order valence-electron chi connectivity index (χ2n) is 5.55. The minimum absolute atomic E-state index is 0.140. The van der Waals surface area contributed by atoms with Gasteiger partial charge >= 0.3 is 0 Å². The Hall–Kier alpha value is -2.11. The molecule has 6 nitrogen and oxygen atoms in total. The van der Waals surface area contributed by atoms with E-state index in [0.717, 1.165) is 18.2 Å². The van der Waals surface area contributed by atoms with E-state index in [4.69, 9.17) is 4.74 Å². The Kier molecular flexibility index (Phi) is 3.92. The van der Waals surface area contributed by atoms with Gasteiger partial charge in [0.2, 0.25) is 5.88 Å². The summed E-state index contributed by atoms with van der Waals surface area (Å²) < 4.78 is 7.57. The SMILES string of the molecule is CCn1cc(Oc2cc(NC)nc(C(C)(C)C)n2)cn1. The van der Waals surface area contributed by atoms with Gasteiger partial charge in [0.05, 0.1) is 12.4 Å². The molecular formula is C14H21N5O. The Morgan fingerprint density at radius 1 is 1.30 bits per heavy atom. The number of hydrogen-bond acceptors (Lipinski definition) is 5. The minimum Gasteiger partial charge on any atom is -0.436 e. The largest absolute Gasteiger partial charge is 0.436 e. The van der Waals surface area contributed by atoms with Crippen molar-refractivity contribution in [3.8, 4) is 11.6 Å². The number of rotatable bonds is 4. The highest BCUT2D eigenvalue weighted by Crippen LogP contribution is 2.26. The number of nitrogens with zero attached hydrogens (tertiary/aromatic N) is 4. The predicted molar refractivity (Wildman–Crippen MR) is 78.3 cm³/mol. The molecular weight excluding hydrogens is 254 g/mol. The number of nitrogens with one attached hydrogen (secondary N) is 1. The van der Waals surface area contributed by atoms with Crippen LogP contribution >= 0.6 is 0 Å². The molecule has 108 valence electrons. The molecule has 0 amide bonds. The molecule has 0 atom stereocenters. The summed E-state index contributed by atoms with van der Waals surface area (Å²) in [4.78, 5) is 8.94. The number of ether oxygens (including phenoxy) is 1. The number of aromatic nitrogens is 4. The molecule has 0 radical (unpaired) electrons. The molecule has 0 spiro atoms. The van der Waals surface area contributed by atoms with Crippen LogP contribution in [0.3, 0.4) is 0 Å². The molecule has 2 aromatic rings. The Bertz CT molecular complexity index is 585. The van der Waals surface area contributed by atoms with E-state index in [0.29, 0.717) is 11.6 Å². The fourth-order valence-electron chi connectivity index (χ4n) is 1.63. The molecule has 6 heteroatoms. The molecule has 0 bridgehead atoms. The third kappa shape index (κ3) is 3.26. The average molecular weight is 275 g/mol. The second-order valence-corrected chi connectivity index (χ2v) is 5.55. The van der Waals surface area contributed by atoms with Crippen molar-refractivity contribution in [3.63, 3.8) is 0 Å². The van der Waals surface area contributed by atoms with Crippen molar-refractivity contribution in [2.75, 3.05) is 12.4 Å². The number of hydrogen-bond donors (Lipinski definition) is 1. The van der Waals surface area contributed by atoms with E-state index >= 15 is 0 Å². The molecule has 0 aliphatic rings. The van der Waals surface area contributed by atoms with Crippen molar-refractivity contribution in [2.24, 2.45) is 0 Å². The summed E-state index contributed by atoms with van der Waals surface area (Å²) in [6.45, 7) is 9.04. The van der Waals surface area contributed by atoms with E-state index in [9.17, 15) is 0 Å². The van der Waals surface area contributed by atoms with Crippen LogP contribution in [0.5, 0.6) is 11.6 Å². The molecule has 0 saturated carbocycles. The van der Waals surface area contributed by atoms with Gasteiger partial charge in [-0.05, 0) is 6.92 Å². The molecule has 2 heterocycles. The first kappa shape index (κ1) is 14.3. The lowest BCUT2D eigenvalue weighted by atomic mass is 9.96. The molecule has 20 heavy (non-hydrogen) atoms. The Morgan fingerprint density at radius 2 is 2.05 bits per heavy atom. The Labute approximate surface area is 119 Å². The summed E-state index contributed by atoms with van der Waals surface area (Å²) in [5.41, 5.74) is -0.140. The van der Waals surface area contributed by atoms with Gasteiger partial charge in [-0.25, -0.2) is 4.98 Å². The van der Waals surface area contributed by atoms with Gasteiger partial charge in [0.15, 0.2) is 5.75 Å². The van der Waals surface area contributed by atoms with Crippen LogP contribution in [0.1, 0.15) is 33.5 Å². The normalized spacial score (nSPS) is 11.4. The van der Waals surface area contributed by atoms with Gasteiger partial charge in [-0.3, -0.25) is 4.68 Å². The molecule has 1 N–H and O–H groups in total. The van der Waals surface area contributed by atoms with E-state index in [1.807, 2.05) is 20.2 Å². The Balaban J connectivity index is 2.31. The van der Waals surface area contributed by atoms with Crippen molar-refractivity contribution in [3.05, 3.63) is 24.3 Å². The summed E-state index contributed by atoms with van der Waals surface area (Å²) >= 11 is 0. The first-order valence-electron chi connectivity index (χ1n) is 6.70. The van der Waals surface area contributed by atoms with Gasteiger partial charge < -0.3 is 10.1 Å². The van der Waals surface area contributed by atoms with E-state index in [2.05, 4.69) is 41.2 Å². The zero-order valence-electron chi connectivity index (χ0n) is 12.6. The van der Waals surface area contributed by atoms with E-state index in [1.165, 1.54) is 0 Å². The van der Waals surface area contributed by atoms with Crippen LogP contribution < -0.4 is 10.1 Å². The summed E-state index contributed by atoms with van der Waals surface area (Å²) in [6, 6.07) is 1.78. The highest BCUT2D eigenvalue weighted by Gasteiger charge is 2.19.